The van der Waals surface area contributed by atoms with E-state index in [2.05, 4.69) is 72.3 Å². The molecule has 6 nitrogen and oxygen atoms in total. The number of rotatable bonds is 6. The molecule has 168 valence electrons. The third kappa shape index (κ3) is 5.09. The normalized spacial score (nSPS) is 15.1. The number of aryl methyl sites for hydroxylation is 2. The van der Waals surface area contributed by atoms with E-state index in [4.69, 9.17) is 5.10 Å². The van der Waals surface area contributed by atoms with Gasteiger partial charge in [-0.3, -0.25) is 14.6 Å². The van der Waals surface area contributed by atoms with E-state index >= 15 is 0 Å². The smallest absolute Gasteiger partial charge is 0.236 e. The summed E-state index contributed by atoms with van der Waals surface area (Å²) in [5.74, 6) is 0.166. The lowest BCUT2D eigenvalue weighted by molar-refractivity contribution is -0.130. The number of likely N-dealkylation sites (N-methyl/N-ethyl adjacent to an activating group) is 1. The standard InChI is InChI=1S/C26H33N5O/c1-20-10-11-21(2)24(16-20)31-18-23(26(27-31)22-8-6-5-7-9-22)17-29-12-14-30(15-13-29)19-25(32)28(3)4/h5-11,16,18H,12-15,17,19H2,1-4H3. The predicted molar refractivity (Wildman–Crippen MR) is 129 cm³/mol. The van der Waals surface area contributed by atoms with Gasteiger partial charge in [-0.1, -0.05) is 42.5 Å². The molecule has 0 radical (unpaired) electrons. The quantitative estimate of drug-likeness (QED) is 0.600. The topological polar surface area (TPSA) is 44.6 Å². The number of hydrogen-bond acceptors (Lipinski definition) is 4. The van der Waals surface area contributed by atoms with Crippen LogP contribution < -0.4 is 0 Å². The van der Waals surface area contributed by atoms with Gasteiger partial charge < -0.3 is 4.90 Å². The van der Waals surface area contributed by atoms with Gasteiger partial charge in [0, 0.05) is 64.1 Å². The van der Waals surface area contributed by atoms with Crippen LogP contribution >= 0.6 is 0 Å². The van der Waals surface area contributed by atoms with E-state index in [9.17, 15) is 4.79 Å². The molecule has 2 aromatic carbocycles. The summed E-state index contributed by atoms with van der Waals surface area (Å²) in [5, 5.41) is 5.02. The highest BCUT2D eigenvalue weighted by atomic mass is 16.2. The molecular weight excluding hydrogens is 398 g/mol. The van der Waals surface area contributed by atoms with Gasteiger partial charge in [0.25, 0.3) is 0 Å². The van der Waals surface area contributed by atoms with Crippen molar-refractivity contribution < 1.29 is 4.79 Å². The average Bonchev–Trinajstić information content (AvgIpc) is 3.20. The number of amides is 1. The molecule has 0 spiro atoms. The van der Waals surface area contributed by atoms with Crippen molar-refractivity contribution in [3.63, 3.8) is 0 Å². The number of hydrogen-bond donors (Lipinski definition) is 0. The zero-order chi connectivity index (χ0) is 22.7. The summed E-state index contributed by atoms with van der Waals surface area (Å²) < 4.78 is 2.03. The van der Waals surface area contributed by atoms with Crippen LogP contribution in [0.4, 0.5) is 0 Å². The first-order valence-corrected chi connectivity index (χ1v) is 11.3. The Bertz CT molecular complexity index is 1070. The molecule has 1 fully saturated rings. The van der Waals surface area contributed by atoms with Crippen LogP contribution in [-0.4, -0.2) is 77.2 Å². The Morgan fingerprint density at radius 3 is 2.34 bits per heavy atom. The first kappa shape index (κ1) is 22.2. The lowest BCUT2D eigenvalue weighted by atomic mass is 10.1. The Morgan fingerprint density at radius 1 is 0.969 bits per heavy atom. The highest BCUT2D eigenvalue weighted by Gasteiger charge is 2.22. The molecule has 3 aromatic rings. The zero-order valence-electron chi connectivity index (χ0n) is 19.6. The summed E-state index contributed by atoms with van der Waals surface area (Å²) in [6.45, 7) is 9.31. The van der Waals surface area contributed by atoms with Crippen LogP contribution in [0.3, 0.4) is 0 Å². The summed E-state index contributed by atoms with van der Waals surface area (Å²) in [7, 11) is 3.63. The molecule has 0 unspecified atom stereocenters. The number of aromatic nitrogens is 2. The minimum absolute atomic E-state index is 0.166. The minimum Gasteiger partial charge on any atom is -0.348 e. The van der Waals surface area contributed by atoms with Crippen molar-refractivity contribution in [2.45, 2.75) is 20.4 Å². The van der Waals surface area contributed by atoms with Gasteiger partial charge in [-0.25, -0.2) is 4.68 Å². The molecule has 1 aromatic heterocycles. The molecule has 6 heteroatoms. The molecule has 2 heterocycles. The van der Waals surface area contributed by atoms with Crippen molar-refractivity contribution in [2.24, 2.45) is 0 Å². The molecule has 1 amide bonds. The fourth-order valence-corrected chi connectivity index (χ4v) is 4.13. The SMILES string of the molecule is Cc1ccc(C)c(-n2cc(CN3CCN(CC(=O)N(C)C)CC3)c(-c3ccccc3)n2)c1. The second-order valence-electron chi connectivity index (χ2n) is 8.94. The van der Waals surface area contributed by atoms with Crippen LogP contribution in [0.15, 0.2) is 54.7 Å². The van der Waals surface area contributed by atoms with Gasteiger partial charge in [0.15, 0.2) is 0 Å². The molecule has 0 aliphatic carbocycles. The number of nitrogens with zero attached hydrogens (tertiary/aromatic N) is 5. The summed E-state index contributed by atoms with van der Waals surface area (Å²) >= 11 is 0. The molecule has 1 aliphatic heterocycles. The third-order valence-corrected chi connectivity index (χ3v) is 6.17. The Kier molecular flexibility index (Phi) is 6.72. The third-order valence-electron chi connectivity index (χ3n) is 6.17. The van der Waals surface area contributed by atoms with Crippen molar-refractivity contribution >= 4 is 5.91 Å². The Labute approximate surface area is 191 Å². The van der Waals surface area contributed by atoms with E-state index in [1.165, 1.54) is 16.7 Å². The van der Waals surface area contributed by atoms with Crippen molar-refractivity contribution in [1.29, 1.82) is 0 Å². The maximum atomic E-state index is 12.0. The summed E-state index contributed by atoms with van der Waals surface area (Å²) in [6.07, 6.45) is 2.19. The lowest BCUT2D eigenvalue weighted by Gasteiger charge is -2.34. The van der Waals surface area contributed by atoms with E-state index in [1.807, 2.05) is 24.8 Å². The highest BCUT2D eigenvalue weighted by molar-refractivity contribution is 5.77. The maximum absolute atomic E-state index is 12.0. The van der Waals surface area contributed by atoms with Gasteiger partial charge in [0.05, 0.1) is 17.9 Å². The number of carbonyl (C=O) groups is 1. The zero-order valence-corrected chi connectivity index (χ0v) is 19.6. The minimum atomic E-state index is 0.166. The first-order chi connectivity index (χ1) is 15.4. The van der Waals surface area contributed by atoms with Crippen LogP contribution in [0.2, 0.25) is 0 Å². The Hall–Kier alpha value is -2.96. The van der Waals surface area contributed by atoms with Gasteiger partial charge in [0.1, 0.15) is 0 Å². The maximum Gasteiger partial charge on any atom is 0.236 e. The van der Waals surface area contributed by atoms with Crippen LogP contribution in [0.25, 0.3) is 16.9 Å². The summed E-state index contributed by atoms with van der Waals surface area (Å²) in [5.41, 5.74) is 6.98. The molecule has 4 rings (SSSR count). The second kappa shape index (κ2) is 9.67. The largest absolute Gasteiger partial charge is 0.348 e. The van der Waals surface area contributed by atoms with E-state index in [1.54, 1.807) is 4.90 Å². The lowest BCUT2D eigenvalue weighted by Crippen LogP contribution is -2.48. The molecule has 0 bridgehead atoms. The van der Waals surface area contributed by atoms with E-state index < -0.39 is 0 Å². The number of benzene rings is 2. The van der Waals surface area contributed by atoms with Crippen LogP contribution in [-0.2, 0) is 11.3 Å². The van der Waals surface area contributed by atoms with Crippen LogP contribution in [0, 0.1) is 13.8 Å². The molecular formula is C26H33N5O. The molecule has 32 heavy (non-hydrogen) atoms. The van der Waals surface area contributed by atoms with Crippen LogP contribution in [0.5, 0.6) is 0 Å². The predicted octanol–water partition coefficient (Wildman–Crippen LogP) is 3.36. The Morgan fingerprint density at radius 2 is 1.66 bits per heavy atom. The van der Waals surface area contributed by atoms with Crippen molar-refractivity contribution in [3.05, 3.63) is 71.4 Å². The van der Waals surface area contributed by atoms with Gasteiger partial charge in [-0.05, 0) is 31.0 Å². The summed E-state index contributed by atoms with van der Waals surface area (Å²) in [4.78, 5) is 18.4. The summed E-state index contributed by atoms with van der Waals surface area (Å²) in [6, 6.07) is 16.9. The number of carbonyl (C=O) groups excluding carboxylic acids is 1. The molecule has 1 aliphatic rings. The second-order valence-corrected chi connectivity index (χ2v) is 8.94. The fraction of sp³-hybridized carbons (Fsp3) is 0.385. The molecule has 0 atom stereocenters. The first-order valence-electron chi connectivity index (χ1n) is 11.3. The van der Waals surface area contributed by atoms with E-state index in [0.717, 1.165) is 49.7 Å². The van der Waals surface area contributed by atoms with Gasteiger partial charge in [0.2, 0.25) is 5.91 Å². The van der Waals surface area contributed by atoms with Gasteiger partial charge in [-0.15, -0.1) is 0 Å². The van der Waals surface area contributed by atoms with Gasteiger partial charge >= 0.3 is 0 Å². The van der Waals surface area contributed by atoms with E-state index in [0.29, 0.717) is 6.54 Å². The number of piperazine rings is 1. The van der Waals surface area contributed by atoms with Crippen molar-refractivity contribution in [1.82, 2.24) is 24.5 Å². The molecule has 0 saturated carbocycles. The van der Waals surface area contributed by atoms with Crippen LogP contribution in [0.1, 0.15) is 16.7 Å². The van der Waals surface area contributed by atoms with E-state index in [-0.39, 0.29) is 5.91 Å². The Balaban J connectivity index is 1.55. The van der Waals surface area contributed by atoms with Crippen molar-refractivity contribution in [2.75, 3.05) is 46.8 Å². The fourth-order valence-electron chi connectivity index (χ4n) is 4.13. The van der Waals surface area contributed by atoms with Gasteiger partial charge in [-0.2, -0.15) is 5.10 Å². The highest BCUT2D eigenvalue weighted by Crippen LogP contribution is 2.26. The monoisotopic (exact) mass is 431 g/mol. The molecule has 0 N–H and O–H groups in total. The molecule has 1 saturated heterocycles. The average molecular weight is 432 g/mol. The van der Waals surface area contributed by atoms with Crippen molar-refractivity contribution in [3.8, 4) is 16.9 Å².